The fraction of sp³-hybridized carbons (Fsp3) is 0.529. The lowest BCUT2D eigenvalue weighted by Gasteiger charge is -2.29. The van der Waals surface area contributed by atoms with E-state index >= 15 is 0 Å². The summed E-state index contributed by atoms with van der Waals surface area (Å²) < 4.78 is 5.61. The Balaban J connectivity index is 0.00000208. The SMILES string of the molecule is CCOc1ccccc1N1CC(C(=O)N2CCNCC2)CC1=O.Cl. The van der Waals surface area contributed by atoms with E-state index < -0.39 is 0 Å². The Morgan fingerprint density at radius 1 is 1.29 bits per heavy atom. The molecule has 2 amide bonds. The van der Waals surface area contributed by atoms with Crippen LogP contribution < -0.4 is 15.0 Å². The average molecular weight is 354 g/mol. The zero-order valence-corrected chi connectivity index (χ0v) is 14.7. The van der Waals surface area contributed by atoms with E-state index in [1.54, 1.807) is 4.90 Å². The quantitative estimate of drug-likeness (QED) is 0.886. The smallest absolute Gasteiger partial charge is 0.228 e. The van der Waals surface area contributed by atoms with Gasteiger partial charge in [-0.3, -0.25) is 9.59 Å². The number of hydrogen-bond donors (Lipinski definition) is 1. The highest BCUT2D eigenvalue weighted by atomic mass is 35.5. The summed E-state index contributed by atoms with van der Waals surface area (Å²) in [5.41, 5.74) is 0.759. The van der Waals surface area contributed by atoms with Gasteiger partial charge < -0.3 is 19.9 Å². The van der Waals surface area contributed by atoms with E-state index in [1.807, 2.05) is 36.1 Å². The third-order valence-corrected chi connectivity index (χ3v) is 4.36. The molecule has 2 fully saturated rings. The Bertz CT molecular complexity index is 590. The first-order valence-electron chi connectivity index (χ1n) is 8.22. The Morgan fingerprint density at radius 2 is 2.00 bits per heavy atom. The molecule has 6 nitrogen and oxygen atoms in total. The normalized spacial score (nSPS) is 20.7. The van der Waals surface area contributed by atoms with Crippen molar-refractivity contribution < 1.29 is 14.3 Å². The van der Waals surface area contributed by atoms with E-state index in [9.17, 15) is 9.59 Å². The first kappa shape index (κ1) is 18.5. The first-order chi connectivity index (χ1) is 11.2. The number of nitrogens with zero attached hydrogens (tertiary/aromatic N) is 2. The molecule has 2 saturated heterocycles. The van der Waals surface area contributed by atoms with Crippen molar-refractivity contribution in [2.45, 2.75) is 13.3 Å². The van der Waals surface area contributed by atoms with Crippen LogP contribution in [0.3, 0.4) is 0 Å². The van der Waals surface area contributed by atoms with Gasteiger partial charge in [0.15, 0.2) is 0 Å². The largest absolute Gasteiger partial charge is 0.492 e. The molecule has 1 aromatic carbocycles. The van der Waals surface area contributed by atoms with Gasteiger partial charge in [0.05, 0.1) is 18.2 Å². The van der Waals surface area contributed by atoms with Crippen LogP contribution in [0.5, 0.6) is 5.75 Å². The molecule has 0 spiro atoms. The highest BCUT2D eigenvalue weighted by molar-refractivity contribution is 6.01. The van der Waals surface area contributed by atoms with Crippen LogP contribution in [-0.2, 0) is 9.59 Å². The fourth-order valence-electron chi connectivity index (χ4n) is 3.21. The number of nitrogens with one attached hydrogen (secondary N) is 1. The minimum absolute atomic E-state index is 0. The first-order valence-corrected chi connectivity index (χ1v) is 8.22. The summed E-state index contributed by atoms with van der Waals surface area (Å²) in [4.78, 5) is 28.6. The molecule has 2 aliphatic heterocycles. The van der Waals surface area contributed by atoms with Crippen molar-refractivity contribution in [3.63, 3.8) is 0 Å². The van der Waals surface area contributed by atoms with Gasteiger partial charge in [-0.2, -0.15) is 0 Å². The predicted octanol–water partition coefficient (Wildman–Crippen LogP) is 1.29. The third kappa shape index (κ3) is 3.82. The molecule has 132 valence electrons. The van der Waals surface area contributed by atoms with Gasteiger partial charge in [0.25, 0.3) is 0 Å². The molecule has 0 radical (unpaired) electrons. The molecule has 0 aromatic heterocycles. The number of carbonyl (C=O) groups is 2. The molecule has 0 aliphatic carbocycles. The van der Waals surface area contributed by atoms with Crippen LogP contribution in [-0.4, -0.2) is 56.0 Å². The minimum Gasteiger partial charge on any atom is -0.492 e. The Hall–Kier alpha value is -1.79. The van der Waals surface area contributed by atoms with Crippen molar-refractivity contribution in [3.8, 4) is 5.75 Å². The van der Waals surface area contributed by atoms with Gasteiger partial charge in [0.1, 0.15) is 5.75 Å². The summed E-state index contributed by atoms with van der Waals surface area (Å²) in [7, 11) is 0. The second kappa shape index (κ2) is 8.35. The fourth-order valence-corrected chi connectivity index (χ4v) is 3.21. The van der Waals surface area contributed by atoms with Crippen molar-refractivity contribution in [2.24, 2.45) is 5.92 Å². The zero-order valence-electron chi connectivity index (χ0n) is 13.9. The van der Waals surface area contributed by atoms with Crippen LogP contribution in [0.2, 0.25) is 0 Å². The summed E-state index contributed by atoms with van der Waals surface area (Å²) >= 11 is 0. The molecule has 2 aliphatic rings. The van der Waals surface area contributed by atoms with E-state index in [0.29, 0.717) is 18.9 Å². The average Bonchev–Trinajstić information content (AvgIpc) is 2.97. The zero-order chi connectivity index (χ0) is 16.2. The number of hydrogen-bond acceptors (Lipinski definition) is 4. The molecule has 0 bridgehead atoms. The van der Waals surface area contributed by atoms with Crippen LogP contribution >= 0.6 is 12.4 Å². The molecule has 1 unspecified atom stereocenters. The van der Waals surface area contributed by atoms with E-state index in [-0.39, 0.29) is 36.6 Å². The van der Waals surface area contributed by atoms with Gasteiger partial charge >= 0.3 is 0 Å². The molecular formula is C17H24ClN3O3. The van der Waals surface area contributed by atoms with Crippen LogP contribution in [0.4, 0.5) is 5.69 Å². The van der Waals surface area contributed by atoms with E-state index in [2.05, 4.69) is 5.32 Å². The summed E-state index contributed by atoms with van der Waals surface area (Å²) in [6.45, 7) is 5.98. The van der Waals surface area contributed by atoms with Crippen LogP contribution in [0.25, 0.3) is 0 Å². The predicted molar refractivity (Wildman–Crippen MR) is 94.8 cm³/mol. The molecule has 1 N–H and O–H groups in total. The lowest BCUT2D eigenvalue weighted by atomic mass is 10.1. The van der Waals surface area contributed by atoms with Gasteiger partial charge in [-0.15, -0.1) is 12.4 Å². The third-order valence-electron chi connectivity index (χ3n) is 4.36. The number of para-hydroxylation sites is 2. The molecular weight excluding hydrogens is 330 g/mol. The van der Waals surface area contributed by atoms with Gasteiger partial charge in [-0.05, 0) is 19.1 Å². The maximum absolute atomic E-state index is 12.6. The Kier molecular flexibility index (Phi) is 6.45. The molecule has 1 aromatic rings. The van der Waals surface area contributed by atoms with E-state index in [1.165, 1.54) is 0 Å². The summed E-state index contributed by atoms with van der Waals surface area (Å²) in [6, 6.07) is 7.51. The lowest BCUT2D eigenvalue weighted by Crippen LogP contribution is -2.48. The summed E-state index contributed by atoms with van der Waals surface area (Å²) in [5, 5.41) is 3.24. The number of amides is 2. The molecule has 0 saturated carbocycles. The second-order valence-corrected chi connectivity index (χ2v) is 5.88. The number of ether oxygens (including phenoxy) is 1. The standard InChI is InChI=1S/C17H23N3O3.ClH/c1-2-23-15-6-4-3-5-14(15)20-12-13(11-16(20)21)17(22)19-9-7-18-8-10-19;/h3-6,13,18H,2,7-12H2,1H3;1H. The van der Waals surface area contributed by atoms with E-state index in [0.717, 1.165) is 31.9 Å². The monoisotopic (exact) mass is 353 g/mol. The molecule has 1 atom stereocenters. The van der Waals surface area contributed by atoms with Crippen LogP contribution in [0.1, 0.15) is 13.3 Å². The second-order valence-electron chi connectivity index (χ2n) is 5.88. The van der Waals surface area contributed by atoms with Crippen molar-refractivity contribution in [3.05, 3.63) is 24.3 Å². The highest BCUT2D eigenvalue weighted by Gasteiger charge is 2.38. The molecule has 24 heavy (non-hydrogen) atoms. The van der Waals surface area contributed by atoms with Gasteiger partial charge in [-0.1, -0.05) is 12.1 Å². The molecule has 7 heteroatoms. The maximum atomic E-state index is 12.6. The van der Waals surface area contributed by atoms with Gasteiger partial charge in [-0.25, -0.2) is 0 Å². The maximum Gasteiger partial charge on any atom is 0.228 e. The van der Waals surface area contributed by atoms with Crippen molar-refractivity contribution in [2.75, 3.05) is 44.2 Å². The number of benzene rings is 1. The highest BCUT2D eigenvalue weighted by Crippen LogP contribution is 2.33. The lowest BCUT2D eigenvalue weighted by molar-refractivity contribution is -0.136. The van der Waals surface area contributed by atoms with Crippen molar-refractivity contribution >= 4 is 29.9 Å². The number of carbonyl (C=O) groups excluding carboxylic acids is 2. The molecule has 3 rings (SSSR count). The van der Waals surface area contributed by atoms with Crippen LogP contribution in [0, 0.1) is 5.92 Å². The molecule has 2 heterocycles. The summed E-state index contributed by atoms with van der Waals surface area (Å²) in [5.74, 6) is 0.524. The van der Waals surface area contributed by atoms with Crippen molar-refractivity contribution in [1.29, 1.82) is 0 Å². The van der Waals surface area contributed by atoms with Crippen molar-refractivity contribution in [1.82, 2.24) is 10.2 Å². The van der Waals surface area contributed by atoms with Gasteiger partial charge in [0, 0.05) is 39.1 Å². The Morgan fingerprint density at radius 3 is 2.71 bits per heavy atom. The number of piperazine rings is 1. The topological polar surface area (TPSA) is 61.9 Å². The number of rotatable bonds is 4. The van der Waals surface area contributed by atoms with Gasteiger partial charge in [0.2, 0.25) is 11.8 Å². The minimum atomic E-state index is -0.254. The van der Waals surface area contributed by atoms with E-state index in [4.69, 9.17) is 4.74 Å². The number of anilines is 1. The van der Waals surface area contributed by atoms with Crippen LogP contribution in [0.15, 0.2) is 24.3 Å². The number of halogens is 1. The summed E-state index contributed by atoms with van der Waals surface area (Å²) in [6.07, 6.45) is 0.281. The Labute approximate surface area is 148 Å².